The van der Waals surface area contributed by atoms with Gasteiger partial charge in [0.1, 0.15) is 13.2 Å². The number of hydrogen-bond acceptors (Lipinski definition) is 6. The van der Waals surface area contributed by atoms with Crippen LogP contribution in [0.25, 0.3) is 0 Å². The SMILES string of the molecule is CCOc1ccc(NC(=O)NC(=O)COCC(=O)O)cn1. The van der Waals surface area contributed by atoms with E-state index < -0.39 is 31.1 Å². The molecular formula is C12H15N3O6. The first-order valence-electron chi connectivity index (χ1n) is 6.00. The standard InChI is InChI=1S/C12H15N3O6/c1-2-21-10-4-3-8(5-13-10)14-12(19)15-9(16)6-20-7-11(17)18/h3-5H,2,6-7H2,1H3,(H,17,18)(H2,14,15,16,19). The molecule has 0 aromatic carbocycles. The van der Waals surface area contributed by atoms with Crippen LogP contribution in [-0.2, 0) is 14.3 Å². The number of amides is 3. The van der Waals surface area contributed by atoms with E-state index in [1.165, 1.54) is 6.20 Å². The highest BCUT2D eigenvalue weighted by Crippen LogP contribution is 2.11. The van der Waals surface area contributed by atoms with Crippen molar-refractivity contribution < 1.29 is 29.0 Å². The van der Waals surface area contributed by atoms with Crippen molar-refractivity contribution in [3.05, 3.63) is 18.3 Å². The van der Waals surface area contributed by atoms with E-state index in [-0.39, 0.29) is 0 Å². The molecule has 9 nitrogen and oxygen atoms in total. The molecule has 3 N–H and O–H groups in total. The predicted octanol–water partition coefficient (Wildman–Crippen LogP) is 0.230. The summed E-state index contributed by atoms with van der Waals surface area (Å²) in [4.78, 5) is 36.8. The minimum atomic E-state index is -1.20. The van der Waals surface area contributed by atoms with Gasteiger partial charge in [-0.25, -0.2) is 14.6 Å². The predicted molar refractivity (Wildman–Crippen MR) is 71.0 cm³/mol. The Kier molecular flexibility index (Phi) is 6.61. The zero-order valence-electron chi connectivity index (χ0n) is 11.3. The summed E-state index contributed by atoms with van der Waals surface area (Å²) in [7, 11) is 0. The number of imide groups is 1. The van der Waals surface area contributed by atoms with Crippen LogP contribution in [-0.4, -0.2) is 47.8 Å². The highest BCUT2D eigenvalue weighted by atomic mass is 16.5. The van der Waals surface area contributed by atoms with E-state index in [4.69, 9.17) is 9.84 Å². The fourth-order valence-corrected chi connectivity index (χ4v) is 1.24. The normalized spacial score (nSPS) is 9.76. The zero-order chi connectivity index (χ0) is 15.7. The smallest absolute Gasteiger partial charge is 0.329 e. The van der Waals surface area contributed by atoms with Gasteiger partial charge >= 0.3 is 12.0 Å². The van der Waals surface area contributed by atoms with E-state index in [1.54, 1.807) is 12.1 Å². The van der Waals surface area contributed by atoms with E-state index in [9.17, 15) is 14.4 Å². The Bertz CT molecular complexity index is 502. The van der Waals surface area contributed by atoms with Crippen molar-refractivity contribution in [2.45, 2.75) is 6.92 Å². The second-order valence-corrected chi connectivity index (χ2v) is 3.71. The van der Waals surface area contributed by atoms with E-state index in [2.05, 4.69) is 15.0 Å². The number of ether oxygens (including phenoxy) is 2. The number of carboxylic acid groups (broad SMARTS) is 1. The number of rotatable bonds is 7. The molecule has 0 aliphatic rings. The van der Waals surface area contributed by atoms with Crippen LogP contribution in [0.1, 0.15) is 6.92 Å². The second kappa shape index (κ2) is 8.48. The van der Waals surface area contributed by atoms with Gasteiger partial charge in [-0.1, -0.05) is 0 Å². The number of aliphatic carboxylic acids is 1. The highest BCUT2D eigenvalue weighted by Gasteiger charge is 2.09. The van der Waals surface area contributed by atoms with Crippen LogP contribution in [0.5, 0.6) is 5.88 Å². The molecule has 0 unspecified atom stereocenters. The molecule has 114 valence electrons. The lowest BCUT2D eigenvalue weighted by Gasteiger charge is -2.07. The molecule has 0 aliphatic heterocycles. The molecular weight excluding hydrogens is 282 g/mol. The van der Waals surface area contributed by atoms with Gasteiger partial charge in [-0.15, -0.1) is 0 Å². The summed E-state index contributed by atoms with van der Waals surface area (Å²) >= 11 is 0. The van der Waals surface area contributed by atoms with Crippen molar-refractivity contribution >= 4 is 23.6 Å². The number of nitrogens with zero attached hydrogens (tertiary/aromatic N) is 1. The molecule has 0 fully saturated rings. The Labute approximate surface area is 120 Å². The number of carbonyl (C=O) groups excluding carboxylic acids is 2. The average molecular weight is 297 g/mol. The summed E-state index contributed by atoms with van der Waals surface area (Å²) in [5.41, 5.74) is 0.371. The van der Waals surface area contributed by atoms with Crippen LogP contribution in [0.2, 0.25) is 0 Å². The van der Waals surface area contributed by atoms with Gasteiger partial charge in [0, 0.05) is 6.07 Å². The minimum absolute atomic E-state index is 0.371. The fourth-order valence-electron chi connectivity index (χ4n) is 1.24. The number of urea groups is 1. The topological polar surface area (TPSA) is 127 Å². The number of carbonyl (C=O) groups is 3. The van der Waals surface area contributed by atoms with Crippen LogP contribution in [0.15, 0.2) is 18.3 Å². The maximum Gasteiger partial charge on any atom is 0.329 e. The highest BCUT2D eigenvalue weighted by molar-refractivity contribution is 6.01. The lowest BCUT2D eigenvalue weighted by atomic mass is 10.4. The van der Waals surface area contributed by atoms with Crippen LogP contribution in [0.3, 0.4) is 0 Å². The Morgan fingerprint density at radius 3 is 2.62 bits per heavy atom. The summed E-state index contributed by atoms with van der Waals surface area (Å²) in [6, 6.07) is 2.35. The zero-order valence-corrected chi connectivity index (χ0v) is 11.3. The summed E-state index contributed by atoms with van der Waals surface area (Å²) in [6.07, 6.45) is 1.37. The van der Waals surface area contributed by atoms with Gasteiger partial charge in [0.25, 0.3) is 5.91 Å². The van der Waals surface area contributed by atoms with E-state index >= 15 is 0 Å². The number of aromatic nitrogens is 1. The maximum atomic E-state index is 11.5. The molecule has 9 heteroatoms. The minimum Gasteiger partial charge on any atom is -0.480 e. The lowest BCUT2D eigenvalue weighted by molar-refractivity contribution is -0.143. The van der Waals surface area contributed by atoms with Crippen molar-refractivity contribution in [2.24, 2.45) is 0 Å². The van der Waals surface area contributed by atoms with Gasteiger partial charge in [-0.2, -0.15) is 0 Å². The molecule has 0 radical (unpaired) electrons. The lowest BCUT2D eigenvalue weighted by Crippen LogP contribution is -2.37. The monoisotopic (exact) mass is 297 g/mol. The Morgan fingerprint density at radius 2 is 2.05 bits per heavy atom. The molecule has 0 saturated carbocycles. The van der Waals surface area contributed by atoms with Crippen LogP contribution in [0, 0.1) is 0 Å². The summed E-state index contributed by atoms with van der Waals surface area (Å²) in [6.45, 7) is 1.16. The molecule has 0 bridgehead atoms. The van der Waals surface area contributed by atoms with Crippen molar-refractivity contribution in [2.75, 3.05) is 25.1 Å². The fraction of sp³-hybridized carbons (Fsp3) is 0.333. The van der Waals surface area contributed by atoms with Crippen molar-refractivity contribution in [3.63, 3.8) is 0 Å². The van der Waals surface area contributed by atoms with Gasteiger partial charge in [0.15, 0.2) is 0 Å². The van der Waals surface area contributed by atoms with E-state index in [1.807, 2.05) is 12.2 Å². The molecule has 3 amide bonds. The third-order valence-corrected chi connectivity index (χ3v) is 2.00. The van der Waals surface area contributed by atoms with Crippen molar-refractivity contribution in [1.82, 2.24) is 10.3 Å². The van der Waals surface area contributed by atoms with Gasteiger partial charge in [-0.3, -0.25) is 10.1 Å². The quantitative estimate of drug-likeness (QED) is 0.657. The second-order valence-electron chi connectivity index (χ2n) is 3.71. The molecule has 1 aromatic heterocycles. The average Bonchev–Trinajstić information content (AvgIpc) is 2.40. The van der Waals surface area contributed by atoms with Gasteiger partial charge < -0.3 is 19.9 Å². The molecule has 0 spiro atoms. The summed E-state index contributed by atoms with van der Waals surface area (Å²) in [5, 5.41) is 12.7. The number of carboxylic acids is 1. The third-order valence-electron chi connectivity index (χ3n) is 2.00. The molecule has 21 heavy (non-hydrogen) atoms. The largest absolute Gasteiger partial charge is 0.480 e. The van der Waals surface area contributed by atoms with Crippen molar-refractivity contribution in [1.29, 1.82) is 0 Å². The Balaban J connectivity index is 2.35. The van der Waals surface area contributed by atoms with Crippen LogP contribution < -0.4 is 15.4 Å². The van der Waals surface area contributed by atoms with E-state index in [0.717, 1.165) is 0 Å². The van der Waals surface area contributed by atoms with Gasteiger partial charge in [0.05, 0.1) is 18.5 Å². The molecule has 1 rings (SSSR count). The first-order chi connectivity index (χ1) is 10.0. The number of hydrogen-bond donors (Lipinski definition) is 3. The van der Waals surface area contributed by atoms with Crippen LogP contribution >= 0.6 is 0 Å². The molecule has 0 atom stereocenters. The summed E-state index contributed by atoms with van der Waals surface area (Å²) in [5.74, 6) is -1.54. The van der Waals surface area contributed by atoms with Gasteiger partial charge in [-0.05, 0) is 13.0 Å². The molecule has 0 aliphatic carbocycles. The first-order valence-corrected chi connectivity index (χ1v) is 6.00. The van der Waals surface area contributed by atoms with Crippen molar-refractivity contribution in [3.8, 4) is 5.88 Å². The Hall–Kier alpha value is -2.68. The third kappa shape index (κ3) is 6.87. The molecule has 0 saturated heterocycles. The van der Waals surface area contributed by atoms with Gasteiger partial charge in [0.2, 0.25) is 5.88 Å². The number of anilines is 1. The summed E-state index contributed by atoms with van der Waals surface area (Å²) < 4.78 is 9.67. The number of pyridine rings is 1. The van der Waals surface area contributed by atoms with E-state index in [0.29, 0.717) is 18.2 Å². The maximum absolute atomic E-state index is 11.5. The first kappa shape index (κ1) is 16.4. The molecule has 1 aromatic rings. The van der Waals surface area contributed by atoms with Crippen LogP contribution in [0.4, 0.5) is 10.5 Å². The molecule has 1 heterocycles. The Morgan fingerprint density at radius 1 is 1.29 bits per heavy atom. The number of nitrogens with one attached hydrogen (secondary N) is 2.